The van der Waals surface area contributed by atoms with Crippen molar-refractivity contribution in [1.82, 2.24) is 15.1 Å². The summed E-state index contributed by atoms with van der Waals surface area (Å²) in [6, 6.07) is 8.03. The molecule has 6 nitrogen and oxygen atoms in total. The van der Waals surface area contributed by atoms with Crippen LogP contribution in [0.25, 0.3) is 0 Å². The zero-order valence-electron chi connectivity index (χ0n) is 16.2. The van der Waals surface area contributed by atoms with Crippen LogP contribution in [0.1, 0.15) is 43.2 Å². The third kappa shape index (κ3) is 4.56. The van der Waals surface area contributed by atoms with E-state index in [1.165, 1.54) is 10.5 Å². The molecule has 3 amide bonds. The first kappa shape index (κ1) is 19.5. The Labute approximate surface area is 160 Å². The molecule has 1 heterocycles. The fraction of sp³-hybridized carbons (Fsp3) is 0.571. The van der Waals surface area contributed by atoms with Gasteiger partial charge >= 0.3 is 0 Å². The number of nitrogens with one attached hydrogen (secondary N) is 1. The van der Waals surface area contributed by atoms with Gasteiger partial charge in [-0.25, -0.2) is 0 Å². The van der Waals surface area contributed by atoms with Gasteiger partial charge in [0.25, 0.3) is 0 Å². The van der Waals surface area contributed by atoms with E-state index >= 15 is 0 Å². The fourth-order valence-electron chi connectivity index (χ4n) is 4.17. The third-order valence-electron chi connectivity index (χ3n) is 5.58. The molecular weight excluding hydrogens is 342 g/mol. The maximum absolute atomic E-state index is 12.5. The van der Waals surface area contributed by atoms with Gasteiger partial charge in [0.05, 0.1) is 11.8 Å². The second-order valence-electron chi connectivity index (χ2n) is 7.86. The summed E-state index contributed by atoms with van der Waals surface area (Å²) in [6.45, 7) is 1.46. The third-order valence-corrected chi connectivity index (χ3v) is 5.58. The van der Waals surface area contributed by atoms with Gasteiger partial charge in [-0.05, 0) is 38.1 Å². The molecule has 1 saturated heterocycles. The second-order valence-corrected chi connectivity index (χ2v) is 7.86. The maximum atomic E-state index is 12.5. The van der Waals surface area contributed by atoms with Gasteiger partial charge in [-0.15, -0.1) is 0 Å². The minimum atomic E-state index is -0.146. The number of benzene rings is 1. The van der Waals surface area contributed by atoms with E-state index in [4.69, 9.17) is 0 Å². The van der Waals surface area contributed by atoms with Crippen LogP contribution in [0.3, 0.4) is 0 Å². The molecule has 1 N–H and O–H groups in total. The average Bonchev–Trinajstić information content (AvgIpc) is 2.90. The van der Waals surface area contributed by atoms with Crippen LogP contribution in [0.15, 0.2) is 24.3 Å². The Balaban J connectivity index is 1.51. The first-order valence-electron chi connectivity index (χ1n) is 9.81. The van der Waals surface area contributed by atoms with Crippen LogP contribution in [0.4, 0.5) is 0 Å². The molecule has 0 bridgehead atoms. The quantitative estimate of drug-likeness (QED) is 0.744. The van der Waals surface area contributed by atoms with Crippen molar-refractivity contribution in [3.63, 3.8) is 0 Å². The summed E-state index contributed by atoms with van der Waals surface area (Å²) < 4.78 is 0. The zero-order valence-corrected chi connectivity index (χ0v) is 16.2. The van der Waals surface area contributed by atoms with Gasteiger partial charge in [-0.2, -0.15) is 0 Å². The molecule has 0 unspecified atom stereocenters. The van der Waals surface area contributed by atoms with Crippen molar-refractivity contribution in [1.29, 1.82) is 0 Å². The van der Waals surface area contributed by atoms with Gasteiger partial charge in [0.15, 0.2) is 0 Å². The lowest BCUT2D eigenvalue weighted by Crippen LogP contribution is -2.35. The molecular formula is C21H29N3O3. The highest BCUT2D eigenvalue weighted by molar-refractivity contribution is 6.05. The van der Waals surface area contributed by atoms with Crippen molar-refractivity contribution in [3.8, 4) is 0 Å². The Kier molecular flexibility index (Phi) is 6.26. The standard InChI is InChI=1S/C21H29N3O3/c1-23(2)14-16-8-4-3-7-15(16)13-22-19(25)11-12-24-20(26)17-9-5-6-10-18(17)21(24)27/h3-4,7-8,17-18H,5-6,9-14H2,1-2H3,(H,22,25)/t17-,18-/m0/s1. The summed E-state index contributed by atoms with van der Waals surface area (Å²) in [5, 5.41) is 2.92. The van der Waals surface area contributed by atoms with Gasteiger partial charge in [0, 0.05) is 26.1 Å². The Bertz CT molecular complexity index is 692. The monoisotopic (exact) mass is 371 g/mol. The summed E-state index contributed by atoms with van der Waals surface area (Å²) in [6.07, 6.45) is 3.80. The van der Waals surface area contributed by atoms with E-state index in [1.807, 2.05) is 32.3 Å². The number of amides is 3. The Hall–Kier alpha value is -2.21. The number of fused-ring (bicyclic) bond motifs is 1. The molecule has 146 valence electrons. The van der Waals surface area contributed by atoms with Gasteiger partial charge in [0.2, 0.25) is 17.7 Å². The molecule has 0 spiro atoms. The Morgan fingerprint density at radius 3 is 2.26 bits per heavy atom. The van der Waals surface area contributed by atoms with E-state index in [2.05, 4.69) is 16.3 Å². The number of carbonyl (C=O) groups is 3. The van der Waals surface area contributed by atoms with E-state index in [1.54, 1.807) is 0 Å². The smallest absolute Gasteiger partial charge is 0.233 e. The molecule has 0 radical (unpaired) electrons. The summed E-state index contributed by atoms with van der Waals surface area (Å²) >= 11 is 0. The highest BCUT2D eigenvalue weighted by Gasteiger charge is 2.47. The van der Waals surface area contributed by atoms with Crippen molar-refractivity contribution in [2.45, 2.75) is 45.2 Å². The number of likely N-dealkylation sites (tertiary alicyclic amines) is 1. The fourth-order valence-corrected chi connectivity index (χ4v) is 4.17. The number of nitrogens with zero attached hydrogens (tertiary/aromatic N) is 2. The van der Waals surface area contributed by atoms with Crippen LogP contribution in [0.5, 0.6) is 0 Å². The van der Waals surface area contributed by atoms with Crippen molar-refractivity contribution >= 4 is 17.7 Å². The molecule has 1 saturated carbocycles. The molecule has 3 rings (SSSR count). The summed E-state index contributed by atoms with van der Waals surface area (Å²) in [5.41, 5.74) is 2.26. The maximum Gasteiger partial charge on any atom is 0.233 e. The lowest BCUT2D eigenvalue weighted by atomic mass is 9.81. The van der Waals surface area contributed by atoms with Crippen LogP contribution >= 0.6 is 0 Å². The molecule has 2 atom stereocenters. The first-order chi connectivity index (χ1) is 13.0. The van der Waals surface area contributed by atoms with Crippen molar-refractivity contribution in [2.75, 3.05) is 20.6 Å². The number of hydrogen-bond donors (Lipinski definition) is 1. The van der Waals surface area contributed by atoms with E-state index in [-0.39, 0.29) is 42.5 Å². The minimum absolute atomic E-state index is 0.0752. The van der Waals surface area contributed by atoms with Crippen LogP contribution in [0, 0.1) is 11.8 Å². The predicted octanol–water partition coefficient (Wildman–Crippen LogP) is 1.93. The van der Waals surface area contributed by atoms with Crippen molar-refractivity contribution < 1.29 is 14.4 Å². The van der Waals surface area contributed by atoms with E-state index in [0.29, 0.717) is 6.54 Å². The molecule has 2 fully saturated rings. The zero-order chi connectivity index (χ0) is 19.4. The van der Waals surface area contributed by atoms with Crippen LogP contribution in [-0.4, -0.2) is 48.2 Å². The Morgan fingerprint density at radius 1 is 1.07 bits per heavy atom. The van der Waals surface area contributed by atoms with Crippen LogP contribution < -0.4 is 5.32 Å². The molecule has 2 aliphatic rings. The van der Waals surface area contributed by atoms with Gasteiger partial charge in [-0.1, -0.05) is 37.1 Å². The van der Waals surface area contributed by atoms with Crippen LogP contribution in [-0.2, 0) is 27.5 Å². The molecule has 0 aromatic heterocycles. The van der Waals surface area contributed by atoms with E-state index in [0.717, 1.165) is 37.8 Å². The first-order valence-corrected chi connectivity index (χ1v) is 9.81. The predicted molar refractivity (Wildman–Crippen MR) is 102 cm³/mol. The second kappa shape index (κ2) is 8.65. The van der Waals surface area contributed by atoms with E-state index < -0.39 is 0 Å². The van der Waals surface area contributed by atoms with Gasteiger partial charge < -0.3 is 10.2 Å². The average molecular weight is 371 g/mol. The van der Waals surface area contributed by atoms with Gasteiger partial charge in [-0.3, -0.25) is 19.3 Å². The number of hydrogen-bond acceptors (Lipinski definition) is 4. The topological polar surface area (TPSA) is 69.7 Å². The van der Waals surface area contributed by atoms with Crippen LogP contribution in [0.2, 0.25) is 0 Å². The summed E-state index contributed by atoms with van der Waals surface area (Å²) in [7, 11) is 4.02. The number of rotatable bonds is 7. The molecule has 1 aliphatic carbocycles. The van der Waals surface area contributed by atoms with E-state index in [9.17, 15) is 14.4 Å². The van der Waals surface area contributed by atoms with Gasteiger partial charge in [0.1, 0.15) is 0 Å². The number of imide groups is 1. The lowest BCUT2D eigenvalue weighted by molar-refractivity contribution is -0.140. The number of carbonyl (C=O) groups excluding carboxylic acids is 3. The summed E-state index contributed by atoms with van der Waals surface area (Å²) in [5.74, 6) is -0.577. The molecule has 6 heteroatoms. The minimum Gasteiger partial charge on any atom is -0.352 e. The molecule has 1 aromatic rings. The Morgan fingerprint density at radius 2 is 1.67 bits per heavy atom. The largest absolute Gasteiger partial charge is 0.352 e. The lowest BCUT2D eigenvalue weighted by Gasteiger charge is -2.19. The SMILES string of the molecule is CN(C)Cc1ccccc1CNC(=O)CCN1C(=O)[C@H]2CCCC[C@@H]2C1=O. The highest BCUT2D eigenvalue weighted by atomic mass is 16.2. The molecule has 27 heavy (non-hydrogen) atoms. The molecule has 1 aliphatic heterocycles. The summed E-state index contributed by atoms with van der Waals surface area (Å²) in [4.78, 5) is 40.6. The van der Waals surface area contributed by atoms with Crippen molar-refractivity contribution in [3.05, 3.63) is 35.4 Å². The highest BCUT2D eigenvalue weighted by Crippen LogP contribution is 2.37. The normalized spacial score (nSPS) is 22.3. The molecule has 1 aromatic carbocycles. The van der Waals surface area contributed by atoms with Crippen molar-refractivity contribution in [2.24, 2.45) is 11.8 Å².